The molecule has 0 radical (unpaired) electrons. The summed E-state index contributed by atoms with van der Waals surface area (Å²) in [5.41, 5.74) is 1.13. The van der Waals surface area contributed by atoms with Crippen molar-refractivity contribution in [2.75, 3.05) is 13.1 Å². The number of rotatable bonds is 7. The molecule has 0 spiro atoms. The van der Waals surface area contributed by atoms with Gasteiger partial charge in [0, 0.05) is 6.54 Å². The van der Waals surface area contributed by atoms with E-state index in [0.717, 1.165) is 16.9 Å². The van der Waals surface area contributed by atoms with Crippen molar-refractivity contribution >= 4 is 17.8 Å². The van der Waals surface area contributed by atoms with Crippen molar-refractivity contribution < 1.29 is 14.4 Å². The highest BCUT2D eigenvalue weighted by atomic mass is 16.2. The van der Waals surface area contributed by atoms with Crippen LogP contribution < -0.4 is 10.6 Å². The molecular weight excluding hydrogens is 294 g/mol. The molecule has 1 aromatic rings. The quantitative estimate of drug-likeness (QED) is 0.750. The average molecular weight is 317 g/mol. The lowest BCUT2D eigenvalue weighted by atomic mass is 10.0. The van der Waals surface area contributed by atoms with Gasteiger partial charge in [-0.05, 0) is 17.9 Å². The van der Waals surface area contributed by atoms with Crippen LogP contribution in [0, 0.1) is 0 Å². The Labute approximate surface area is 136 Å². The standard InChI is InChI=1S/C17H23N3O3/c1-3-7-14-16(22)20(17(23)19-14)11-15(21)18-10-12(2)13-8-5-4-6-9-13/h4-6,8-9,12,14H,3,7,10-11H2,1-2H3,(H,18,21)(H,19,23). The Morgan fingerprint density at radius 1 is 1.30 bits per heavy atom. The number of nitrogens with zero attached hydrogens (tertiary/aromatic N) is 1. The van der Waals surface area contributed by atoms with Gasteiger partial charge in [0.2, 0.25) is 5.91 Å². The number of carbonyl (C=O) groups excluding carboxylic acids is 3. The lowest BCUT2D eigenvalue weighted by Crippen LogP contribution is -2.42. The minimum atomic E-state index is -0.497. The van der Waals surface area contributed by atoms with Crippen LogP contribution in [0.15, 0.2) is 30.3 Å². The van der Waals surface area contributed by atoms with Gasteiger partial charge in [0.1, 0.15) is 12.6 Å². The molecule has 1 heterocycles. The van der Waals surface area contributed by atoms with Crippen LogP contribution in [0.25, 0.3) is 0 Å². The molecule has 1 aliphatic rings. The largest absolute Gasteiger partial charge is 0.354 e. The molecule has 1 fully saturated rings. The van der Waals surface area contributed by atoms with E-state index in [2.05, 4.69) is 10.6 Å². The first-order valence-corrected chi connectivity index (χ1v) is 7.96. The predicted molar refractivity (Wildman–Crippen MR) is 86.8 cm³/mol. The molecule has 0 saturated carbocycles. The third kappa shape index (κ3) is 4.31. The third-order valence-corrected chi connectivity index (χ3v) is 3.96. The van der Waals surface area contributed by atoms with Crippen molar-refractivity contribution in [1.82, 2.24) is 15.5 Å². The zero-order valence-electron chi connectivity index (χ0n) is 13.5. The Bertz CT molecular complexity index is 574. The highest BCUT2D eigenvalue weighted by Gasteiger charge is 2.38. The number of nitrogens with one attached hydrogen (secondary N) is 2. The first-order valence-electron chi connectivity index (χ1n) is 7.96. The maximum absolute atomic E-state index is 12.1. The zero-order valence-corrected chi connectivity index (χ0v) is 13.5. The molecule has 1 saturated heterocycles. The number of carbonyl (C=O) groups is 3. The molecule has 0 aliphatic carbocycles. The van der Waals surface area contributed by atoms with E-state index in [9.17, 15) is 14.4 Å². The van der Waals surface area contributed by atoms with Crippen molar-refractivity contribution in [3.8, 4) is 0 Å². The van der Waals surface area contributed by atoms with Crippen molar-refractivity contribution in [2.45, 2.75) is 38.6 Å². The maximum atomic E-state index is 12.1. The van der Waals surface area contributed by atoms with Gasteiger partial charge >= 0.3 is 6.03 Å². The number of benzene rings is 1. The monoisotopic (exact) mass is 317 g/mol. The fraction of sp³-hybridized carbons (Fsp3) is 0.471. The van der Waals surface area contributed by atoms with E-state index in [-0.39, 0.29) is 24.3 Å². The lowest BCUT2D eigenvalue weighted by molar-refractivity contribution is -0.132. The van der Waals surface area contributed by atoms with Crippen LogP contribution in [-0.2, 0) is 9.59 Å². The molecule has 4 amide bonds. The van der Waals surface area contributed by atoms with E-state index in [4.69, 9.17) is 0 Å². The second-order valence-electron chi connectivity index (χ2n) is 5.83. The number of imide groups is 1. The summed E-state index contributed by atoms with van der Waals surface area (Å²) < 4.78 is 0. The molecule has 2 unspecified atom stereocenters. The second kappa shape index (κ2) is 7.76. The fourth-order valence-electron chi connectivity index (χ4n) is 2.58. The summed E-state index contributed by atoms with van der Waals surface area (Å²) >= 11 is 0. The summed E-state index contributed by atoms with van der Waals surface area (Å²) in [6.45, 7) is 4.19. The van der Waals surface area contributed by atoms with Crippen LogP contribution >= 0.6 is 0 Å². The molecule has 2 N–H and O–H groups in total. The van der Waals surface area contributed by atoms with Crippen LogP contribution in [-0.4, -0.2) is 41.9 Å². The zero-order chi connectivity index (χ0) is 16.8. The molecule has 124 valence electrons. The van der Waals surface area contributed by atoms with Gasteiger partial charge in [0.25, 0.3) is 5.91 Å². The van der Waals surface area contributed by atoms with Crippen LogP contribution in [0.5, 0.6) is 0 Å². The number of hydrogen-bond donors (Lipinski definition) is 2. The van der Waals surface area contributed by atoms with E-state index in [1.54, 1.807) is 0 Å². The maximum Gasteiger partial charge on any atom is 0.325 e. The normalized spacial score (nSPS) is 18.7. The number of urea groups is 1. The Kier molecular flexibility index (Phi) is 5.73. The molecule has 6 nitrogen and oxygen atoms in total. The molecule has 1 aromatic carbocycles. The van der Waals surface area contributed by atoms with E-state index in [1.807, 2.05) is 44.2 Å². The van der Waals surface area contributed by atoms with Crippen molar-refractivity contribution in [3.05, 3.63) is 35.9 Å². The van der Waals surface area contributed by atoms with E-state index >= 15 is 0 Å². The predicted octanol–water partition coefficient (Wildman–Crippen LogP) is 1.63. The van der Waals surface area contributed by atoms with Gasteiger partial charge in [-0.25, -0.2) is 4.79 Å². The van der Waals surface area contributed by atoms with Crippen molar-refractivity contribution in [2.24, 2.45) is 0 Å². The summed E-state index contributed by atoms with van der Waals surface area (Å²) in [4.78, 5) is 36.8. The summed E-state index contributed by atoms with van der Waals surface area (Å²) in [6.07, 6.45) is 1.39. The second-order valence-corrected chi connectivity index (χ2v) is 5.83. The van der Waals surface area contributed by atoms with Gasteiger partial charge < -0.3 is 10.6 Å². The van der Waals surface area contributed by atoms with Gasteiger partial charge in [-0.1, -0.05) is 50.6 Å². The molecule has 0 aromatic heterocycles. The summed E-state index contributed by atoms with van der Waals surface area (Å²) in [6, 6.07) is 8.87. The van der Waals surface area contributed by atoms with Gasteiger partial charge in [0.05, 0.1) is 0 Å². The first kappa shape index (κ1) is 17.0. The molecule has 2 rings (SSSR count). The SMILES string of the molecule is CCCC1NC(=O)N(CC(=O)NCC(C)c2ccccc2)C1=O. The third-order valence-electron chi connectivity index (χ3n) is 3.96. The Hall–Kier alpha value is -2.37. The highest BCUT2D eigenvalue weighted by Crippen LogP contribution is 2.13. The van der Waals surface area contributed by atoms with Crippen molar-refractivity contribution in [1.29, 1.82) is 0 Å². The van der Waals surface area contributed by atoms with E-state index in [1.165, 1.54) is 0 Å². The first-order chi connectivity index (χ1) is 11.0. The van der Waals surface area contributed by atoms with Crippen LogP contribution in [0.4, 0.5) is 4.79 Å². The number of amides is 4. The molecule has 0 bridgehead atoms. The Balaban J connectivity index is 1.83. The van der Waals surface area contributed by atoms with Gasteiger partial charge in [-0.2, -0.15) is 0 Å². The molecule has 6 heteroatoms. The number of hydrogen-bond acceptors (Lipinski definition) is 3. The van der Waals surface area contributed by atoms with Gasteiger partial charge in [-0.3, -0.25) is 14.5 Å². The molecular formula is C17H23N3O3. The highest BCUT2D eigenvalue weighted by molar-refractivity contribution is 6.06. The summed E-state index contributed by atoms with van der Waals surface area (Å²) in [5, 5.41) is 5.39. The smallest absolute Gasteiger partial charge is 0.325 e. The minimum absolute atomic E-state index is 0.163. The Morgan fingerprint density at radius 3 is 2.65 bits per heavy atom. The van der Waals surface area contributed by atoms with Gasteiger partial charge in [0.15, 0.2) is 0 Å². The van der Waals surface area contributed by atoms with Crippen LogP contribution in [0.3, 0.4) is 0 Å². The van der Waals surface area contributed by atoms with E-state index in [0.29, 0.717) is 13.0 Å². The summed E-state index contributed by atoms with van der Waals surface area (Å²) in [5.74, 6) is -0.479. The van der Waals surface area contributed by atoms with Crippen molar-refractivity contribution in [3.63, 3.8) is 0 Å². The fourth-order valence-corrected chi connectivity index (χ4v) is 2.58. The topological polar surface area (TPSA) is 78.5 Å². The lowest BCUT2D eigenvalue weighted by Gasteiger charge is -2.16. The molecule has 2 atom stereocenters. The molecule has 1 aliphatic heterocycles. The summed E-state index contributed by atoms with van der Waals surface area (Å²) in [7, 11) is 0. The average Bonchev–Trinajstić information content (AvgIpc) is 2.81. The van der Waals surface area contributed by atoms with Crippen LogP contribution in [0.2, 0.25) is 0 Å². The Morgan fingerprint density at radius 2 is 2.00 bits per heavy atom. The minimum Gasteiger partial charge on any atom is -0.354 e. The van der Waals surface area contributed by atoms with E-state index < -0.39 is 12.1 Å². The van der Waals surface area contributed by atoms with Crippen LogP contribution in [0.1, 0.15) is 38.2 Å². The van der Waals surface area contributed by atoms with Gasteiger partial charge in [-0.15, -0.1) is 0 Å². The molecule has 23 heavy (non-hydrogen) atoms.